The van der Waals surface area contributed by atoms with Gasteiger partial charge < -0.3 is 15.4 Å². The van der Waals surface area contributed by atoms with E-state index in [1.54, 1.807) is 30.3 Å². The van der Waals surface area contributed by atoms with E-state index < -0.39 is 0 Å². The molecular weight excluding hydrogens is 228 g/mol. The van der Waals surface area contributed by atoms with Crippen molar-refractivity contribution in [2.75, 3.05) is 26.2 Å². The van der Waals surface area contributed by atoms with Gasteiger partial charge in [0, 0.05) is 31.1 Å². The highest BCUT2D eigenvalue weighted by Crippen LogP contribution is 2.12. The molecule has 96 valence electrons. The molecule has 0 spiro atoms. The zero-order valence-electron chi connectivity index (χ0n) is 10.3. The molecular formula is C14H18N2O2. The van der Waals surface area contributed by atoms with Crippen LogP contribution in [0.2, 0.25) is 0 Å². The van der Waals surface area contributed by atoms with Crippen molar-refractivity contribution in [1.82, 2.24) is 10.6 Å². The molecule has 1 aromatic rings. The van der Waals surface area contributed by atoms with Gasteiger partial charge in [-0.05, 0) is 24.3 Å². The van der Waals surface area contributed by atoms with Crippen molar-refractivity contribution in [3.8, 4) is 5.75 Å². The molecule has 1 fully saturated rings. The summed E-state index contributed by atoms with van der Waals surface area (Å²) in [4.78, 5) is 11.8. The first-order valence-electron chi connectivity index (χ1n) is 6.12. The van der Waals surface area contributed by atoms with Crippen LogP contribution in [0.1, 0.15) is 10.4 Å². The van der Waals surface area contributed by atoms with Gasteiger partial charge in [0.2, 0.25) is 0 Å². The average molecular weight is 246 g/mol. The second-order valence-corrected chi connectivity index (χ2v) is 4.36. The van der Waals surface area contributed by atoms with Crippen LogP contribution in [-0.4, -0.2) is 32.1 Å². The summed E-state index contributed by atoms with van der Waals surface area (Å²) in [6.07, 6.45) is 1.69. The number of carbonyl (C=O) groups is 1. The van der Waals surface area contributed by atoms with Gasteiger partial charge >= 0.3 is 0 Å². The number of rotatable bonds is 6. The van der Waals surface area contributed by atoms with Crippen molar-refractivity contribution in [3.63, 3.8) is 0 Å². The van der Waals surface area contributed by atoms with E-state index in [9.17, 15) is 4.79 Å². The number of amides is 1. The maximum atomic E-state index is 11.8. The highest BCUT2D eigenvalue weighted by atomic mass is 16.5. The smallest absolute Gasteiger partial charge is 0.251 e. The fraction of sp³-hybridized carbons (Fsp3) is 0.357. The van der Waals surface area contributed by atoms with Crippen molar-refractivity contribution in [3.05, 3.63) is 42.5 Å². The normalized spacial score (nSPS) is 14.7. The summed E-state index contributed by atoms with van der Waals surface area (Å²) >= 11 is 0. The lowest BCUT2D eigenvalue weighted by molar-refractivity contribution is 0.0942. The lowest BCUT2D eigenvalue weighted by Gasteiger charge is -2.27. The Balaban J connectivity index is 1.83. The highest BCUT2D eigenvalue weighted by molar-refractivity contribution is 5.94. The monoisotopic (exact) mass is 246 g/mol. The molecule has 0 bridgehead atoms. The van der Waals surface area contributed by atoms with Gasteiger partial charge in [0.25, 0.3) is 5.91 Å². The van der Waals surface area contributed by atoms with Crippen molar-refractivity contribution in [2.24, 2.45) is 5.92 Å². The first-order valence-corrected chi connectivity index (χ1v) is 6.12. The first-order chi connectivity index (χ1) is 8.79. The van der Waals surface area contributed by atoms with E-state index in [0.29, 0.717) is 18.1 Å². The van der Waals surface area contributed by atoms with Crippen molar-refractivity contribution >= 4 is 5.91 Å². The Bertz CT molecular complexity index is 410. The van der Waals surface area contributed by atoms with E-state index in [0.717, 1.165) is 25.4 Å². The van der Waals surface area contributed by atoms with E-state index in [2.05, 4.69) is 17.2 Å². The molecule has 1 heterocycles. The van der Waals surface area contributed by atoms with Gasteiger partial charge in [0.15, 0.2) is 0 Å². The van der Waals surface area contributed by atoms with Gasteiger partial charge in [-0.15, -0.1) is 0 Å². The summed E-state index contributed by atoms with van der Waals surface area (Å²) in [6, 6.07) is 7.13. The third kappa shape index (κ3) is 3.34. The Morgan fingerprint density at radius 3 is 2.72 bits per heavy atom. The molecule has 1 amide bonds. The van der Waals surface area contributed by atoms with Crippen LogP contribution in [0, 0.1) is 5.92 Å². The fourth-order valence-electron chi connectivity index (χ4n) is 1.69. The number of ether oxygens (including phenoxy) is 1. The van der Waals surface area contributed by atoms with Crippen LogP contribution < -0.4 is 15.4 Å². The standard InChI is InChI=1S/C14H18N2O2/c1-2-7-18-13-5-3-12(4-6-13)14(17)16-10-11-8-15-9-11/h2-6,11,15H,1,7-10H2,(H,16,17). The van der Waals surface area contributed by atoms with E-state index in [4.69, 9.17) is 4.74 Å². The zero-order valence-corrected chi connectivity index (χ0v) is 10.3. The largest absolute Gasteiger partial charge is 0.490 e. The number of hydrogen-bond donors (Lipinski definition) is 2. The molecule has 2 N–H and O–H groups in total. The molecule has 2 rings (SSSR count). The summed E-state index contributed by atoms with van der Waals surface area (Å²) in [6.45, 7) is 6.78. The van der Waals surface area contributed by atoms with Crippen LogP contribution in [-0.2, 0) is 0 Å². The van der Waals surface area contributed by atoms with Gasteiger partial charge in [-0.3, -0.25) is 4.79 Å². The second kappa shape index (κ2) is 6.21. The molecule has 0 saturated carbocycles. The predicted molar refractivity (Wildman–Crippen MR) is 70.8 cm³/mol. The van der Waals surface area contributed by atoms with Gasteiger partial charge in [0.1, 0.15) is 12.4 Å². The Kier molecular flexibility index (Phi) is 4.36. The van der Waals surface area contributed by atoms with E-state index in [1.165, 1.54) is 0 Å². The van der Waals surface area contributed by atoms with Crippen LogP contribution in [0.25, 0.3) is 0 Å². The van der Waals surface area contributed by atoms with Crippen LogP contribution in [0.4, 0.5) is 0 Å². The molecule has 4 heteroatoms. The highest BCUT2D eigenvalue weighted by Gasteiger charge is 2.17. The minimum atomic E-state index is -0.0304. The maximum Gasteiger partial charge on any atom is 0.251 e. The second-order valence-electron chi connectivity index (χ2n) is 4.36. The number of benzene rings is 1. The van der Waals surface area contributed by atoms with Crippen molar-refractivity contribution in [1.29, 1.82) is 0 Å². The SMILES string of the molecule is C=CCOc1ccc(C(=O)NCC2CNC2)cc1. The lowest BCUT2D eigenvalue weighted by Crippen LogP contribution is -2.48. The molecule has 0 unspecified atom stereocenters. The molecule has 1 aromatic carbocycles. The Morgan fingerprint density at radius 1 is 1.44 bits per heavy atom. The van der Waals surface area contributed by atoms with Crippen LogP contribution in [0.3, 0.4) is 0 Å². The Labute approximate surface area is 107 Å². The first kappa shape index (κ1) is 12.6. The number of hydrogen-bond acceptors (Lipinski definition) is 3. The molecule has 18 heavy (non-hydrogen) atoms. The Morgan fingerprint density at radius 2 is 2.17 bits per heavy atom. The third-order valence-corrected chi connectivity index (χ3v) is 2.90. The molecule has 0 atom stereocenters. The number of carbonyl (C=O) groups excluding carboxylic acids is 1. The van der Waals surface area contributed by atoms with Gasteiger partial charge in [-0.2, -0.15) is 0 Å². The molecule has 0 aromatic heterocycles. The van der Waals surface area contributed by atoms with Crippen LogP contribution in [0.15, 0.2) is 36.9 Å². The molecule has 0 aliphatic carbocycles. The summed E-state index contributed by atoms with van der Waals surface area (Å²) in [5.74, 6) is 1.29. The fourth-order valence-corrected chi connectivity index (χ4v) is 1.69. The summed E-state index contributed by atoms with van der Waals surface area (Å²) in [5, 5.41) is 6.10. The Hall–Kier alpha value is -1.81. The minimum absolute atomic E-state index is 0.0304. The van der Waals surface area contributed by atoms with Gasteiger partial charge in [0.05, 0.1) is 0 Å². The zero-order chi connectivity index (χ0) is 12.8. The lowest BCUT2D eigenvalue weighted by atomic mass is 10.0. The molecule has 0 radical (unpaired) electrons. The summed E-state index contributed by atoms with van der Waals surface area (Å²) in [5.41, 5.74) is 0.660. The van der Waals surface area contributed by atoms with Gasteiger partial charge in [-0.25, -0.2) is 0 Å². The minimum Gasteiger partial charge on any atom is -0.490 e. The third-order valence-electron chi connectivity index (χ3n) is 2.90. The summed E-state index contributed by atoms with van der Waals surface area (Å²) in [7, 11) is 0. The number of nitrogens with one attached hydrogen (secondary N) is 2. The average Bonchev–Trinajstić information content (AvgIpc) is 2.35. The quantitative estimate of drug-likeness (QED) is 0.742. The van der Waals surface area contributed by atoms with Crippen LogP contribution >= 0.6 is 0 Å². The topological polar surface area (TPSA) is 50.4 Å². The van der Waals surface area contributed by atoms with Crippen molar-refractivity contribution in [2.45, 2.75) is 0 Å². The maximum absolute atomic E-state index is 11.8. The van der Waals surface area contributed by atoms with E-state index in [1.807, 2.05) is 0 Å². The van der Waals surface area contributed by atoms with E-state index >= 15 is 0 Å². The van der Waals surface area contributed by atoms with Crippen molar-refractivity contribution < 1.29 is 9.53 Å². The summed E-state index contributed by atoms with van der Waals surface area (Å²) < 4.78 is 5.36. The molecule has 4 nitrogen and oxygen atoms in total. The predicted octanol–water partition coefficient (Wildman–Crippen LogP) is 1.20. The van der Waals surface area contributed by atoms with Gasteiger partial charge in [-0.1, -0.05) is 12.7 Å². The molecule has 1 aliphatic heterocycles. The van der Waals surface area contributed by atoms with Crippen LogP contribution in [0.5, 0.6) is 5.75 Å². The molecule has 1 saturated heterocycles. The van der Waals surface area contributed by atoms with E-state index in [-0.39, 0.29) is 5.91 Å². The molecule has 1 aliphatic rings.